The van der Waals surface area contributed by atoms with E-state index in [1.54, 1.807) is 53.4 Å². The minimum absolute atomic E-state index is 0. The molecule has 98 valence electrons. The number of carbonyl (C=O) groups is 1. The summed E-state index contributed by atoms with van der Waals surface area (Å²) in [6.07, 6.45) is 3.37. The maximum Gasteiger partial charge on any atom is 0.227 e. The van der Waals surface area contributed by atoms with E-state index >= 15 is 0 Å². The fraction of sp³-hybridized carbons (Fsp3) is 0.0667. The Morgan fingerprint density at radius 3 is 2.30 bits per heavy atom. The number of hydrogen-bond acceptors (Lipinski definition) is 3. The molecule has 0 fully saturated rings. The zero-order valence-corrected chi connectivity index (χ0v) is 12.0. The van der Waals surface area contributed by atoms with Gasteiger partial charge < -0.3 is 17.0 Å². The number of halogens is 1. The highest BCUT2D eigenvalue weighted by atomic mass is 79.9. The highest BCUT2D eigenvalue weighted by Crippen LogP contribution is 2.04. The Hall–Kier alpha value is -2.50. The molecule has 0 saturated heterocycles. The van der Waals surface area contributed by atoms with Crippen molar-refractivity contribution in [2.45, 2.75) is 6.54 Å². The van der Waals surface area contributed by atoms with E-state index in [1.807, 2.05) is 12.1 Å². The van der Waals surface area contributed by atoms with Crippen molar-refractivity contribution < 1.29 is 26.3 Å². The number of Topliss-reactive ketones (excluding diaryl/α,β-unsaturated/α-hetero) is 1. The molecule has 0 atom stereocenters. The van der Waals surface area contributed by atoms with E-state index in [-0.39, 0.29) is 29.3 Å². The molecule has 4 nitrogen and oxygen atoms in total. The lowest BCUT2D eigenvalue weighted by Gasteiger charge is -1.98. The van der Waals surface area contributed by atoms with Crippen LogP contribution in [0.15, 0.2) is 48.8 Å². The Bertz CT molecular complexity index is 696. The Labute approximate surface area is 127 Å². The van der Waals surface area contributed by atoms with Crippen molar-refractivity contribution in [1.82, 2.24) is 0 Å². The molecule has 0 aliphatic rings. The third kappa shape index (κ3) is 3.74. The zero-order chi connectivity index (χ0) is 13.7. The summed E-state index contributed by atoms with van der Waals surface area (Å²) in [6, 6.07) is 13.9. The highest BCUT2D eigenvalue weighted by Gasteiger charge is 2.12. The van der Waals surface area contributed by atoms with Crippen LogP contribution in [0.25, 0.3) is 0 Å². The lowest BCUT2D eigenvalue weighted by molar-refractivity contribution is -0.683. The number of aromatic nitrogens is 1. The molecule has 0 aliphatic carbocycles. The van der Waals surface area contributed by atoms with E-state index < -0.39 is 0 Å². The monoisotopic (exact) mass is 327 g/mol. The van der Waals surface area contributed by atoms with Gasteiger partial charge in [0.15, 0.2) is 12.4 Å². The molecule has 1 aromatic carbocycles. The van der Waals surface area contributed by atoms with Gasteiger partial charge in [-0.3, -0.25) is 4.79 Å². The summed E-state index contributed by atoms with van der Waals surface area (Å²) < 4.78 is 1.67. The molecule has 0 bridgehead atoms. The molecule has 20 heavy (non-hydrogen) atoms. The van der Waals surface area contributed by atoms with Crippen LogP contribution in [0.2, 0.25) is 0 Å². The topological polar surface area (TPSA) is 68.5 Å². The Kier molecular flexibility index (Phi) is 5.58. The van der Waals surface area contributed by atoms with Crippen LogP contribution in [0, 0.1) is 22.7 Å². The number of hydrogen-bond donors (Lipinski definition) is 0. The van der Waals surface area contributed by atoms with Gasteiger partial charge in [-0.15, -0.1) is 0 Å². The summed E-state index contributed by atoms with van der Waals surface area (Å²) in [7, 11) is 0. The lowest BCUT2D eigenvalue weighted by atomic mass is 10.1. The van der Waals surface area contributed by atoms with Crippen molar-refractivity contribution in [2.24, 2.45) is 0 Å². The van der Waals surface area contributed by atoms with Crippen molar-refractivity contribution in [3.05, 3.63) is 65.5 Å². The smallest absolute Gasteiger partial charge is 0.227 e. The first-order chi connectivity index (χ1) is 9.22. The summed E-state index contributed by atoms with van der Waals surface area (Å²) in [4.78, 5) is 12.0. The quantitative estimate of drug-likeness (QED) is 0.514. The zero-order valence-electron chi connectivity index (χ0n) is 10.5. The average Bonchev–Trinajstić information content (AvgIpc) is 2.47. The Balaban J connectivity index is 0.00000200. The number of pyridine rings is 1. The molecule has 2 rings (SSSR count). The first-order valence-electron chi connectivity index (χ1n) is 5.65. The minimum atomic E-state index is -0.0652. The van der Waals surface area contributed by atoms with Crippen LogP contribution < -0.4 is 21.5 Å². The number of carbonyl (C=O) groups excluding carboxylic acids is 1. The molecule has 5 heteroatoms. The van der Waals surface area contributed by atoms with Gasteiger partial charge >= 0.3 is 0 Å². The van der Waals surface area contributed by atoms with Crippen LogP contribution in [0.3, 0.4) is 0 Å². The standard InChI is InChI=1S/C15H10N3O.BrH/c16-8-12-3-5-14(6-4-12)15(19)11-18-7-1-2-13(9-17)10-18;/h1-7,10H,11H2;1H/q+1;/p-1. The number of nitriles is 2. The van der Waals surface area contributed by atoms with E-state index in [9.17, 15) is 4.79 Å². The highest BCUT2D eigenvalue weighted by molar-refractivity contribution is 5.95. The van der Waals surface area contributed by atoms with Crippen molar-refractivity contribution >= 4 is 5.78 Å². The molecular formula is C15H10BrN3O. The number of nitrogens with zero attached hydrogens (tertiary/aromatic N) is 3. The first-order valence-corrected chi connectivity index (χ1v) is 5.65. The lowest BCUT2D eigenvalue weighted by Crippen LogP contribution is -3.00. The van der Waals surface area contributed by atoms with Crippen molar-refractivity contribution in [3.63, 3.8) is 0 Å². The molecule has 0 amide bonds. The van der Waals surface area contributed by atoms with Gasteiger partial charge in [0.05, 0.1) is 11.6 Å². The van der Waals surface area contributed by atoms with E-state index in [1.165, 1.54) is 0 Å². The van der Waals surface area contributed by atoms with Crippen LogP contribution in [0.5, 0.6) is 0 Å². The van der Waals surface area contributed by atoms with Gasteiger partial charge in [-0.1, -0.05) is 0 Å². The second-order valence-corrected chi connectivity index (χ2v) is 3.99. The predicted molar refractivity (Wildman–Crippen MR) is 66.8 cm³/mol. The van der Waals surface area contributed by atoms with Gasteiger partial charge in [0, 0.05) is 11.6 Å². The molecule has 0 saturated carbocycles. The molecule has 2 aromatic rings. The van der Waals surface area contributed by atoms with E-state index in [0.29, 0.717) is 16.7 Å². The normalized spacial score (nSPS) is 8.90. The van der Waals surface area contributed by atoms with Gasteiger partial charge in [-0.25, -0.2) is 0 Å². The van der Waals surface area contributed by atoms with Gasteiger partial charge in [0.2, 0.25) is 12.3 Å². The Morgan fingerprint density at radius 1 is 1.05 bits per heavy atom. The van der Waals surface area contributed by atoms with Crippen LogP contribution >= 0.6 is 0 Å². The van der Waals surface area contributed by atoms with E-state index in [0.717, 1.165) is 0 Å². The minimum Gasteiger partial charge on any atom is -1.00 e. The fourth-order valence-corrected chi connectivity index (χ4v) is 1.67. The average molecular weight is 328 g/mol. The number of ketones is 1. The summed E-state index contributed by atoms with van der Waals surface area (Å²) in [5, 5.41) is 17.5. The van der Waals surface area contributed by atoms with Gasteiger partial charge in [-0.05, 0) is 30.3 Å². The predicted octanol–water partition coefficient (Wildman–Crippen LogP) is -1.40. The summed E-state index contributed by atoms with van der Waals surface area (Å²) >= 11 is 0. The maximum absolute atomic E-state index is 12.0. The molecule has 0 aliphatic heterocycles. The SMILES string of the molecule is N#Cc1ccc(C(=O)C[n+]2cccc(C#N)c2)cc1.[Br-]. The molecule has 0 N–H and O–H groups in total. The first kappa shape index (κ1) is 15.6. The molecule has 0 radical (unpaired) electrons. The van der Waals surface area contributed by atoms with Crippen LogP contribution in [-0.4, -0.2) is 5.78 Å². The number of rotatable bonds is 3. The fourth-order valence-electron chi connectivity index (χ4n) is 1.67. The van der Waals surface area contributed by atoms with Crippen molar-refractivity contribution in [1.29, 1.82) is 10.5 Å². The van der Waals surface area contributed by atoms with Crippen LogP contribution in [-0.2, 0) is 6.54 Å². The van der Waals surface area contributed by atoms with E-state index in [2.05, 4.69) is 0 Å². The molecule has 1 heterocycles. The largest absolute Gasteiger partial charge is 1.00 e. The number of benzene rings is 1. The summed E-state index contributed by atoms with van der Waals surface area (Å²) in [5.41, 5.74) is 1.58. The molecule has 0 spiro atoms. The van der Waals surface area contributed by atoms with E-state index in [4.69, 9.17) is 10.5 Å². The van der Waals surface area contributed by atoms with Gasteiger partial charge in [0.1, 0.15) is 11.6 Å². The van der Waals surface area contributed by atoms with Gasteiger partial charge in [-0.2, -0.15) is 15.1 Å². The van der Waals surface area contributed by atoms with Crippen LogP contribution in [0.4, 0.5) is 0 Å². The Morgan fingerprint density at radius 2 is 1.70 bits per heavy atom. The summed E-state index contributed by atoms with van der Waals surface area (Å²) in [6.45, 7) is 0.168. The summed E-state index contributed by atoms with van der Waals surface area (Å²) in [5.74, 6) is -0.0652. The van der Waals surface area contributed by atoms with Crippen LogP contribution in [0.1, 0.15) is 21.5 Å². The molecular weight excluding hydrogens is 318 g/mol. The third-order valence-corrected chi connectivity index (χ3v) is 2.65. The maximum atomic E-state index is 12.0. The third-order valence-electron chi connectivity index (χ3n) is 2.65. The molecule has 1 aromatic heterocycles. The van der Waals surface area contributed by atoms with Crippen molar-refractivity contribution in [3.8, 4) is 12.1 Å². The second-order valence-electron chi connectivity index (χ2n) is 3.99. The van der Waals surface area contributed by atoms with Crippen molar-refractivity contribution in [2.75, 3.05) is 0 Å². The molecule has 0 unspecified atom stereocenters. The second kappa shape index (κ2) is 7.18. The van der Waals surface area contributed by atoms with Gasteiger partial charge in [0.25, 0.3) is 0 Å².